The monoisotopic (exact) mass is 357 g/mol. The van der Waals surface area contributed by atoms with Gasteiger partial charge in [-0.05, 0) is 44.4 Å². The smallest absolute Gasteiger partial charge is 0.261 e. The summed E-state index contributed by atoms with van der Waals surface area (Å²) in [6.45, 7) is 5.67. The van der Waals surface area contributed by atoms with Gasteiger partial charge in [-0.3, -0.25) is 19.3 Å². The number of amides is 3. The van der Waals surface area contributed by atoms with Crippen LogP contribution in [-0.4, -0.2) is 59.7 Å². The molecule has 2 aliphatic heterocycles. The number of carbonyl (C=O) groups is 3. The summed E-state index contributed by atoms with van der Waals surface area (Å²) in [6, 6.07) is 7.11. The van der Waals surface area contributed by atoms with Crippen molar-refractivity contribution in [2.75, 3.05) is 26.2 Å². The number of piperidine rings is 1. The molecule has 6 nitrogen and oxygen atoms in total. The molecule has 2 aliphatic rings. The highest BCUT2D eigenvalue weighted by molar-refractivity contribution is 6.21. The third kappa shape index (κ3) is 4.12. The van der Waals surface area contributed by atoms with Gasteiger partial charge in [0.2, 0.25) is 5.91 Å². The van der Waals surface area contributed by atoms with Crippen LogP contribution in [0.3, 0.4) is 0 Å². The lowest BCUT2D eigenvalue weighted by atomic mass is 10.0. The molecule has 1 aromatic rings. The Balaban J connectivity index is 1.40. The minimum absolute atomic E-state index is 0.00977. The summed E-state index contributed by atoms with van der Waals surface area (Å²) in [4.78, 5) is 40.4. The van der Waals surface area contributed by atoms with Crippen molar-refractivity contribution in [2.24, 2.45) is 0 Å². The van der Waals surface area contributed by atoms with E-state index >= 15 is 0 Å². The quantitative estimate of drug-likeness (QED) is 0.759. The van der Waals surface area contributed by atoms with Crippen LogP contribution in [0, 0.1) is 0 Å². The first kappa shape index (κ1) is 18.6. The van der Waals surface area contributed by atoms with Crippen LogP contribution in [0.5, 0.6) is 0 Å². The van der Waals surface area contributed by atoms with Gasteiger partial charge < -0.3 is 10.2 Å². The first-order valence-corrected chi connectivity index (χ1v) is 9.57. The Bertz CT molecular complexity index is 646. The molecule has 1 fully saturated rings. The van der Waals surface area contributed by atoms with Gasteiger partial charge in [0.1, 0.15) is 0 Å². The fourth-order valence-corrected chi connectivity index (χ4v) is 3.76. The summed E-state index contributed by atoms with van der Waals surface area (Å²) in [5.74, 6) is -0.501. The SMILES string of the molecule is CCCN1CCC(NC(=O)CCCN2C(=O)c3ccccc3C2=O)CC1. The van der Waals surface area contributed by atoms with E-state index in [0.717, 1.165) is 38.9 Å². The Labute approximate surface area is 154 Å². The van der Waals surface area contributed by atoms with Gasteiger partial charge in [0, 0.05) is 32.1 Å². The number of nitrogens with one attached hydrogen (secondary N) is 1. The summed E-state index contributed by atoms with van der Waals surface area (Å²) in [5.41, 5.74) is 0.918. The van der Waals surface area contributed by atoms with Gasteiger partial charge in [-0.25, -0.2) is 0 Å². The molecule has 2 heterocycles. The first-order valence-electron chi connectivity index (χ1n) is 9.57. The second-order valence-electron chi connectivity index (χ2n) is 7.09. The molecule has 0 radical (unpaired) electrons. The van der Waals surface area contributed by atoms with Gasteiger partial charge in [0.05, 0.1) is 11.1 Å². The lowest BCUT2D eigenvalue weighted by molar-refractivity contribution is -0.122. The molecule has 1 aromatic carbocycles. The average molecular weight is 357 g/mol. The van der Waals surface area contributed by atoms with Gasteiger partial charge in [0.25, 0.3) is 11.8 Å². The van der Waals surface area contributed by atoms with Crippen LogP contribution in [0.25, 0.3) is 0 Å². The number of hydrogen-bond donors (Lipinski definition) is 1. The third-order valence-corrected chi connectivity index (χ3v) is 5.16. The van der Waals surface area contributed by atoms with Crippen LogP contribution in [0.2, 0.25) is 0 Å². The van der Waals surface area contributed by atoms with Gasteiger partial charge in [-0.2, -0.15) is 0 Å². The predicted molar refractivity (Wildman–Crippen MR) is 98.9 cm³/mol. The molecule has 3 rings (SSSR count). The number of hydrogen-bond acceptors (Lipinski definition) is 4. The van der Waals surface area contributed by atoms with E-state index in [9.17, 15) is 14.4 Å². The fourth-order valence-electron chi connectivity index (χ4n) is 3.76. The maximum absolute atomic E-state index is 12.3. The van der Waals surface area contributed by atoms with Crippen molar-refractivity contribution in [1.29, 1.82) is 0 Å². The van der Waals surface area contributed by atoms with E-state index in [1.807, 2.05) is 0 Å². The summed E-state index contributed by atoms with van der Waals surface area (Å²) < 4.78 is 0. The lowest BCUT2D eigenvalue weighted by Gasteiger charge is -2.32. The van der Waals surface area contributed by atoms with Crippen LogP contribution in [0.4, 0.5) is 0 Å². The number of likely N-dealkylation sites (tertiary alicyclic amines) is 1. The molecule has 0 spiro atoms. The van der Waals surface area contributed by atoms with Gasteiger partial charge >= 0.3 is 0 Å². The maximum Gasteiger partial charge on any atom is 0.261 e. The molecule has 0 aromatic heterocycles. The Morgan fingerprint density at radius 3 is 2.27 bits per heavy atom. The molecule has 26 heavy (non-hydrogen) atoms. The second kappa shape index (κ2) is 8.45. The van der Waals surface area contributed by atoms with Crippen molar-refractivity contribution in [3.05, 3.63) is 35.4 Å². The number of rotatable bonds is 7. The van der Waals surface area contributed by atoms with Crippen LogP contribution in [0.1, 0.15) is 59.7 Å². The van der Waals surface area contributed by atoms with Crippen molar-refractivity contribution < 1.29 is 14.4 Å². The Morgan fingerprint density at radius 1 is 1.08 bits per heavy atom. The topological polar surface area (TPSA) is 69.7 Å². The zero-order valence-corrected chi connectivity index (χ0v) is 15.4. The van der Waals surface area contributed by atoms with E-state index in [0.29, 0.717) is 24.0 Å². The maximum atomic E-state index is 12.3. The fraction of sp³-hybridized carbons (Fsp3) is 0.550. The van der Waals surface area contributed by atoms with E-state index in [4.69, 9.17) is 0 Å². The molecule has 1 saturated heterocycles. The normalized spacial score (nSPS) is 18.3. The summed E-state index contributed by atoms with van der Waals surface area (Å²) in [6.07, 6.45) is 3.97. The van der Waals surface area contributed by atoms with Crippen LogP contribution >= 0.6 is 0 Å². The van der Waals surface area contributed by atoms with E-state index in [1.165, 1.54) is 4.90 Å². The molecular formula is C20H27N3O3. The van der Waals surface area contributed by atoms with Crippen molar-refractivity contribution in [3.63, 3.8) is 0 Å². The molecule has 3 amide bonds. The van der Waals surface area contributed by atoms with Crippen molar-refractivity contribution in [1.82, 2.24) is 15.1 Å². The van der Waals surface area contributed by atoms with Crippen LogP contribution in [0.15, 0.2) is 24.3 Å². The van der Waals surface area contributed by atoms with Gasteiger partial charge in [-0.15, -0.1) is 0 Å². The molecule has 0 saturated carbocycles. The molecular weight excluding hydrogens is 330 g/mol. The molecule has 0 aliphatic carbocycles. The number of imide groups is 1. The Morgan fingerprint density at radius 2 is 1.69 bits per heavy atom. The van der Waals surface area contributed by atoms with Crippen molar-refractivity contribution >= 4 is 17.7 Å². The largest absolute Gasteiger partial charge is 0.353 e. The molecule has 0 bridgehead atoms. The lowest BCUT2D eigenvalue weighted by Crippen LogP contribution is -2.44. The van der Waals surface area contributed by atoms with Gasteiger partial charge in [0.15, 0.2) is 0 Å². The van der Waals surface area contributed by atoms with Crippen LogP contribution in [-0.2, 0) is 4.79 Å². The molecule has 6 heteroatoms. The summed E-state index contributed by atoms with van der Waals surface area (Å²) >= 11 is 0. The molecule has 140 valence electrons. The number of benzene rings is 1. The standard InChI is InChI=1S/C20H27N3O3/c1-2-11-22-13-9-15(10-14-22)21-18(24)8-5-12-23-19(25)16-6-3-4-7-17(16)20(23)26/h3-4,6-7,15H,2,5,8-14H2,1H3,(H,21,24). The third-order valence-electron chi connectivity index (χ3n) is 5.16. The summed E-state index contributed by atoms with van der Waals surface area (Å²) in [7, 11) is 0. The molecule has 0 unspecified atom stereocenters. The number of carbonyl (C=O) groups excluding carboxylic acids is 3. The summed E-state index contributed by atoms with van der Waals surface area (Å²) in [5, 5.41) is 3.09. The van der Waals surface area contributed by atoms with E-state index in [-0.39, 0.29) is 30.3 Å². The number of fused-ring (bicyclic) bond motifs is 1. The number of nitrogens with zero attached hydrogens (tertiary/aromatic N) is 2. The Hall–Kier alpha value is -2.21. The molecule has 1 N–H and O–H groups in total. The molecule has 0 atom stereocenters. The zero-order valence-electron chi connectivity index (χ0n) is 15.4. The highest BCUT2D eigenvalue weighted by Crippen LogP contribution is 2.22. The second-order valence-corrected chi connectivity index (χ2v) is 7.09. The first-order chi connectivity index (χ1) is 12.6. The van der Waals surface area contributed by atoms with Gasteiger partial charge in [-0.1, -0.05) is 19.1 Å². The van der Waals surface area contributed by atoms with Crippen LogP contribution < -0.4 is 5.32 Å². The average Bonchev–Trinajstić information content (AvgIpc) is 2.89. The highest BCUT2D eigenvalue weighted by Gasteiger charge is 2.34. The highest BCUT2D eigenvalue weighted by atomic mass is 16.2. The minimum atomic E-state index is -0.255. The van der Waals surface area contributed by atoms with E-state index in [2.05, 4.69) is 17.1 Å². The van der Waals surface area contributed by atoms with Crippen molar-refractivity contribution in [2.45, 2.75) is 45.1 Å². The predicted octanol–water partition coefficient (Wildman–Crippen LogP) is 2.05. The zero-order chi connectivity index (χ0) is 18.5. The Kier molecular flexibility index (Phi) is 6.04. The van der Waals surface area contributed by atoms with Crippen molar-refractivity contribution in [3.8, 4) is 0 Å². The minimum Gasteiger partial charge on any atom is -0.353 e. The van der Waals surface area contributed by atoms with E-state index in [1.54, 1.807) is 24.3 Å². The van der Waals surface area contributed by atoms with E-state index < -0.39 is 0 Å².